The number of nitrogens with zero attached hydrogens (tertiary/aromatic N) is 4. The average Bonchev–Trinajstić information content (AvgIpc) is 4.18. The normalized spacial score (nSPS) is 12.0. The first-order valence-corrected chi connectivity index (χ1v) is 24.1. The third kappa shape index (κ3) is 5.71. The number of para-hydroxylation sites is 4. The second kappa shape index (κ2) is 15.1. The Morgan fingerprint density at radius 2 is 0.471 bits per heavy atom. The van der Waals surface area contributed by atoms with Gasteiger partial charge in [-0.25, -0.2) is 0 Å². The molecular weight excluding hydrogens is 849 g/mol. The molecular formula is C66H42N4. The maximum absolute atomic E-state index is 2.47. The minimum absolute atomic E-state index is 1.11. The third-order valence-electron chi connectivity index (χ3n) is 14.7. The highest BCUT2D eigenvalue weighted by atomic mass is 15.0. The average molecular weight is 891 g/mol. The number of rotatable bonds is 6. The molecule has 0 N–H and O–H groups in total. The molecule has 15 rings (SSSR count). The van der Waals surface area contributed by atoms with Crippen LogP contribution in [0.3, 0.4) is 0 Å². The van der Waals surface area contributed by atoms with E-state index in [0.717, 1.165) is 45.2 Å². The lowest BCUT2D eigenvalue weighted by molar-refractivity contribution is 1.12. The van der Waals surface area contributed by atoms with E-state index in [4.69, 9.17) is 0 Å². The Morgan fingerprint density at radius 3 is 0.829 bits per heavy atom. The minimum atomic E-state index is 1.11. The van der Waals surface area contributed by atoms with Gasteiger partial charge in [0.2, 0.25) is 0 Å². The lowest BCUT2D eigenvalue weighted by atomic mass is 10.0. The predicted molar refractivity (Wildman–Crippen MR) is 295 cm³/mol. The van der Waals surface area contributed by atoms with Crippen LogP contribution in [-0.4, -0.2) is 18.3 Å². The summed E-state index contributed by atoms with van der Waals surface area (Å²) in [6, 6.07) is 93.7. The lowest BCUT2D eigenvalue weighted by Crippen LogP contribution is -2.00. The van der Waals surface area contributed by atoms with Crippen LogP contribution in [0.25, 0.3) is 132 Å². The van der Waals surface area contributed by atoms with Crippen LogP contribution in [0.1, 0.15) is 0 Å². The molecule has 15 aromatic rings. The zero-order valence-electron chi connectivity index (χ0n) is 38.0. The van der Waals surface area contributed by atoms with E-state index in [1.165, 1.54) is 87.1 Å². The van der Waals surface area contributed by atoms with Crippen molar-refractivity contribution in [3.8, 4) is 45.3 Å². The predicted octanol–water partition coefficient (Wildman–Crippen LogP) is 17.4. The van der Waals surface area contributed by atoms with E-state index < -0.39 is 0 Å². The number of aromatic nitrogens is 4. The summed E-state index contributed by atoms with van der Waals surface area (Å²) in [7, 11) is 0. The first-order valence-electron chi connectivity index (χ1n) is 24.1. The van der Waals surface area contributed by atoms with E-state index >= 15 is 0 Å². The van der Waals surface area contributed by atoms with Crippen molar-refractivity contribution in [3.05, 3.63) is 255 Å². The molecule has 0 amide bonds. The van der Waals surface area contributed by atoms with Gasteiger partial charge < -0.3 is 18.3 Å². The first-order chi connectivity index (χ1) is 34.7. The highest BCUT2D eigenvalue weighted by molar-refractivity contribution is 6.11. The van der Waals surface area contributed by atoms with Crippen molar-refractivity contribution in [1.29, 1.82) is 0 Å². The van der Waals surface area contributed by atoms with Crippen LogP contribution in [-0.2, 0) is 0 Å². The van der Waals surface area contributed by atoms with Crippen LogP contribution in [0.2, 0.25) is 0 Å². The largest absolute Gasteiger partial charge is 0.309 e. The quantitative estimate of drug-likeness (QED) is 0.158. The van der Waals surface area contributed by atoms with Gasteiger partial charge in [-0.3, -0.25) is 0 Å². The molecule has 11 aromatic carbocycles. The van der Waals surface area contributed by atoms with Crippen LogP contribution >= 0.6 is 0 Å². The second-order valence-corrected chi connectivity index (χ2v) is 18.5. The van der Waals surface area contributed by atoms with Crippen LogP contribution in [0.15, 0.2) is 255 Å². The van der Waals surface area contributed by atoms with Gasteiger partial charge in [0.1, 0.15) is 0 Å². The molecule has 70 heavy (non-hydrogen) atoms. The lowest BCUT2D eigenvalue weighted by Gasteiger charge is -2.15. The molecule has 0 radical (unpaired) electrons. The topological polar surface area (TPSA) is 19.7 Å². The standard InChI is InChI=1S/C66H42N4/c1-3-19-51-43(15-1)17-13-25-53(51)65-41-45-39-64-46(40-63(45)69(65)49-35-31-47(32-36-49)67-59-27-9-5-21-55(59)56-22-6-10-28-60(56)67)42-66(54-26-14-18-44-16-2-4-20-52(44)54)70(64)50-37-33-48(34-38-50)68-61-29-11-7-23-57(61)58-24-8-12-30-62(58)68/h1-42H. The Hall–Kier alpha value is -9.38. The van der Waals surface area contributed by atoms with Crippen molar-refractivity contribution < 1.29 is 0 Å². The van der Waals surface area contributed by atoms with Gasteiger partial charge >= 0.3 is 0 Å². The van der Waals surface area contributed by atoms with E-state index in [1.807, 2.05) is 0 Å². The van der Waals surface area contributed by atoms with Gasteiger partial charge in [0, 0.05) is 66.2 Å². The fourth-order valence-electron chi connectivity index (χ4n) is 11.7. The number of hydrogen-bond acceptors (Lipinski definition) is 0. The van der Waals surface area contributed by atoms with Crippen LogP contribution in [0.5, 0.6) is 0 Å². The van der Waals surface area contributed by atoms with Crippen LogP contribution in [0, 0.1) is 0 Å². The zero-order chi connectivity index (χ0) is 45.9. The summed E-state index contributed by atoms with van der Waals surface area (Å²) in [4.78, 5) is 0. The fourth-order valence-corrected chi connectivity index (χ4v) is 11.7. The number of benzene rings is 11. The van der Waals surface area contributed by atoms with E-state index in [-0.39, 0.29) is 0 Å². The van der Waals surface area contributed by atoms with E-state index in [9.17, 15) is 0 Å². The van der Waals surface area contributed by atoms with Crippen molar-refractivity contribution in [2.45, 2.75) is 0 Å². The molecule has 0 spiro atoms. The van der Waals surface area contributed by atoms with Crippen molar-refractivity contribution in [1.82, 2.24) is 18.3 Å². The molecule has 0 saturated heterocycles. The Labute approximate surface area is 403 Å². The molecule has 0 atom stereocenters. The first kappa shape index (κ1) is 38.7. The molecule has 0 saturated carbocycles. The smallest absolute Gasteiger partial charge is 0.0547 e. The van der Waals surface area contributed by atoms with E-state index in [2.05, 4.69) is 273 Å². The molecule has 0 unspecified atom stereocenters. The van der Waals surface area contributed by atoms with Crippen molar-refractivity contribution in [2.24, 2.45) is 0 Å². The summed E-state index contributed by atoms with van der Waals surface area (Å²) in [5, 5.41) is 12.3. The van der Waals surface area contributed by atoms with Crippen LogP contribution in [0.4, 0.5) is 0 Å². The monoisotopic (exact) mass is 890 g/mol. The molecule has 4 heterocycles. The molecule has 4 heteroatoms. The molecule has 4 nitrogen and oxygen atoms in total. The number of hydrogen-bond donors (Lipinski definition) is 0. The summed E-state index contributed by atoms with van der Waals surface area (Å²) in [5.41, 5.74) is 16.3. The van der Waals surface area contributed by atoms with Gasteiger partial charge in [-0.05, 0) is 119 Å². The van der Waals surface area contributed by atoms with E-state index in [1.54, 1.807) is 0 Å². The summed E-state index contributed by atoms with van der Waals surface area (Å²) in [6.45, 7) is 0. The molecule has 0 aliphatic carbocycles. The van der Waals surface area contributed by atoms with Gasteiger partial charge in [-0.15, -0.1) is 0 Å². The van der Waals surface area contributed by atoms with Crippen molar-refractivity contribution in [3.63, 3.8) is 0 Å². The summed E-state index contributed by atoms with van der Waals surface area (Å²) >= 11 is 0. The van der Waals surface area contributed by atoms with E-state index in [0.29, 0.717) is 0 Å². The number of fused-ring (bicyclic) bond motifs is 10. The Morgan fingerprint density at radius 1 is 0.186 bits per heavy atom. The third-order valence-corrected chi connectivity index (χ3v) is 14.7. The SMILES string of the molecule is c1ccc2c(-c3cc4cc5c(cc(-c6cccc7ccccc67)n5-c5ccc(-n6c7ccccc7c7ccccc76)cc5)cc4n3-c3ccc(-n4c5ccccc5c5ccccc54)cc3)cccc2c1. The van der Waals surface area contributed by atoms with Gasteiger partial charge in [0.25, 0.3) is 0 Å². The van der Waals surface area contributed by atoms with Gasteiger partial charge in [-0.1, -0.05) is 158 Å². The molecule has 0 fully saturated rings. The van der Waals surface area contributed by atoms with Gasteiger partial charge in [-0.2, -0.15) is 0 Å². The minimum Gasteiger partial charge on any atom is -0.309 e. The highest BCUT2D eigenvalue weighted by Gasteiger charge is 2.21. The summed E-state index contributed by atoms with van der Waals surface area (Å²) in [5.74, 6) is 0. The van der Waals surface area contributed by atoms with Crippen molar-refractivity contribution >= 4 is 87.0 Å². The fraction of sp³-hybridized carbons (Fsp3) is 0. The molecule has 0 aliphatic rings. The molecule has 0 bridgehead atoms. The zero-order valence-corrected chi connectivity index (χ0v) is 38.0. The maximum atomic E-state index is 2.47. The Kier molecular flexibility index (Phi) is 8.33. The van der Waals surface area contributed by atoms with Crippen molar-refractivity contribution in [2.75, 3.05) is 0 Å². The maximum Gasteiger partial charge on any atom is 0.0547 e. The Balaban J connectivity index is 0.961. The second-order valence-electron chi connectivity index (χ2n) is 18.5. The molecule has 326 valence electrons. The van der Waals surface area contributed by atoms with Gasteiger partial charge in [0.05, 0.1) is 44.5 Å². The molecule has 4 aromatic heterocycles. The molecule has 0 aliphatic heterocycles. The highest BCUT2D eigenvalue weighted by Crippen LogP contribution is 2.42. The summed E-state index contributed by atoms with van der Waals surface area (Å²) in [6.07, 6.45) is 0. The summed E-state index contributed by atoms with van der Waals surface area (Å²) < 4.78 is 9.73. The van der Waals surface area contributed by atoms with Crippen LogP contribution < -0.4 is 0 Å². The Bertz CT molecular complexity index is 4160. The van der Waals surface area contributed by atoms with Gasteiger partial charge in [0.15, 0.2) is 0 Å².